The number of rotatable bonds is 4. The number of hydrogen-bond acceptors (Lipinski definition) is 5. The van der Waals surface area contributed by atoms with Gasteiger partial charge in [0.15, 0.2) is 0 Å². The number of amides is 3. The van der Waals surface area contributed by atoms with Crippen LogP contribution in [0.2, 0.25) is 0 Å². The number of carbonyl (C=O) groups excluding carboxylic acids is 2. The molecule has 1 aromatic carbocycles. The van der Waals surface area contributed by atoms with E-state index in [1.807, 2.05) is 18.2 Å². The molecule has 0 atom stereocenters. The molecule has 0 radical (unpaired) electrons. The molecule has 7 heteroatoms. The first-order valence-corrected chi connectivity index (χ1v) is 8.05. The Morgan fingerprint density at radius 1 is 1.25 bits per heavy atom. The van der Waals surface area contributed by atoms with Gasteiger partial charge in [0.05, 0.1) is 24.8 Å². The highest BCUT2D eigenvalue weighted by Crippen LogP contribution is 2.30. The summed E-state index contributed by atoms with van der Waals surface area (Å²) < 4.78 is 0. The largest absolute Gasteiger partial charge is 0.395 e. The van der Waals surface area contributed by atoms with Gasteiger partial charge in [0, 0.05) is 19.6 Å². The van der Waals surface area contributed by atoms with Gasteiger partial charge in [-0.1, -0.05) is 18.2 Å². The van der Waals surface area contributed by atoms with Crippen molar-refractivity contribution < 1.29 is 14.7 Å². The number of nitrogens with zero attached hydrogens (tertiary/aromatic N) is 3. The Morgan fingerprint density at radius 2 is 1.96 bits per heavy atom. The van der Waals surface area contributed by atoms with Crippen molar-refractivity contribution >= 4 is 11.9 Å². The van der Waals surface area contributed by atoms with Gasteiger partial charge < -0.3 is 10.4 Å². The number of hydrogen-bond donors (Lipinski definition) is 2. The summed E-state index contributed by atoms with van der Waals surface area (Å²) in [5.74, 6) is -0.237. The number of piperidine rings is 1. The van der Waals surface area contributed by atoms with Gasteiger partial charge in [0.25, 0.3) is 5.91 Å². The summed E-state index contributed by atoms with van der Waals surface area (Å²) >= 11 is 0. The molecule has 0 bridgehead atoms. The SMILES string of the molecule is N#Cc1ccccc1CN1CCC2(CC1)NC(=O)N(CCO)C2=O. The van der Waals surface area contributed by atoms with Gasteiger partial charge in [-0.05, 0) is 24.5 Å². The summed E-state index contributed by atoms with van der Waals surface area (Å²) in [6.45, 7) is 1.79. The van der Waals surface area contributed by atoms with Crippen LogP contribution in [0.25, 0.3) is 0 Å². The maximum atomic E-state index is 12.5. The van der Waals surface area contributed by atoms with Crippen molar-refractivity contribution in [2.75, 3.05) is 26.2 Å². The number of nitriles is 1. The Bertz CT molecular complexity index is 689. The maximum Gasteiger partial charge on any atom is 0.325 e. The minimum Gasteiger partial charge on any atom is -0.395 e. The quantitative estimate of drug-likeness (QED) is 0.782. The van der Waals surface area contributed by atoms with Crippen LogP contribution < -0.4 is 5.32 Å². The van der Waals surface area contributed by atoms with E-state index in [0.29, 0.717) is 38.0 Å². The first kappa shape index (κ1) is 16.4. The van der Waals surface area contributed by atoms with Crippen LogP contribution >= 0.6 is 0 Å². The lowest BCUT2D eigenvalue weighted by atomic mass is 9.87. The van der Waals surface area contributed by atoms with E-state index in [4.69, 9.17) is 5.11 Å². The summed E-state index contributed by atoms with van der Waals surface area (Å²) in [5.41, 5.74) is 0.800. The van der Waals surface area contributed by atoms with Gasteiger partial charge in [-0.25, -0.2) is 4.79 Å². The fourth-order valence-corrected chi connectivity index (χ4v) is 3.42. The smallest absolute Gasteiger partial charge is 0.325 e. The summed E-state index contributed by atoms with van der Waals surface area (Å²) in [6.07, 6.45) is 1.07. The molecule has 3 amide bonds. The molecular formula is C17H20N4O3. The third kappa shape index (κ3) is 2.86. The van der Waals surface area contributed by atoms with Crippen LogP contribution in [0.4, 0.5) is 4.79 Å². The minimum atomic E-state index is -0.836. The molecule has 2 saturated heterocycles. The molecule has 0 aromatic heterocycles. The predicted molar refractivity (Wildman–Crippen MR) is 85.7 cm³/mol. The molecular weight excluding hydrogens is 308 g/mol. The Kier molecular flexibility index (Phi) is 4.51. The van der Waals surface area contributed by atoms with E-state index in [0.717, 1.165) is 10.5 Å². The van der Waals surface area contributed by atoms with Gasteiger partial charge in [-0.15, -0.1) is 0 Å². The second-order valence-electron chi connectivity index (χ2n) is 6.24. The molecule has 0 aliphatic carbocycles. The van der Waals surface area contributed by atoms with Crippen LogP contribution in [0, 0.1) is 11.3 Å². The van der Waals surface area contributed by atoms with Crippen molar-refractivity contribution in [3.05, 3.63) is 35.4 Å². The van der Waals surface area contributed by atoms with E-state index < -0.39 is 11.6 Å². The molecule has 2 N–H and O–H groups in total. The number of benzene rings is 1. The Labute approximate surface area is 140 Å². The summed E-state index contributed by atoms with van der Waals surface area (Å²) in [6, 6.07) is 9.27. The number of urea groups is 1. The molecule has 2 aliphatic rings. The van der Waals surface area contributed by atoms with Crippen molar-refractivity contribution in [1.29, 1.82) is 5.26 Å². The van der Waals surface area contributed by atoms with E-state index in [1.165, 1.54) is 0 Å². The molecule has 24 heavy (non-hydrogen) atoms. The molecule has 2 aliphatic heterocycles. The number of β-amino-alcohol motifs (C(OH)–C–C–N with tert-alkyl or cyclic N) is 1. The fraction of sp³-hybridized carbons (Fsp3) is 0.471. The molecule has 126 valence electrons. The standard InChI is InChI=1S/C17H20N4O3/c18-11-13-3-1-2-4-14(13)12-20-7-5-17(6-8-20)15(23)21(9-10-22)16(24)19-17/h1-4,22H,5-10,12H2,(H,19,24). The lowest BCUT2D eigenvalue weighted by molar-refractivity contribution is -0.133. The van der Waals surface area contributed by atoms with Crippen LogP contribution in [0.3, 0.4) is 0 Å². The van der Waals surface area contributed by atoms with Crippen molar-refractivity contribution in [1.82, 2.24) is 15.1 Å². The zero-order valence-corrected chi connectivity index (χ0v) is 13.4. The third-order valence-electron chi connectivity index (χ3n) is 4.81. The zero-order valence-electron chi connectivity index (χ0n) is 13.4. The summed E-state index contributed by atoms with van der Waals surface area (Å²) in [4.78, 5) is 27.7. The Hall–Kier alpha value is -2.43. The average Bonchev–Trinajstić information content (AvgIpc) is 2.82. The van der Waals surface area contributed by atoms with Crippen LogP contribution in [0.5, 0.6) is 0 Å². The number of likely N-dealkylation sites (tertiary alicyclic amines) is 1. The van der Waals surface area contributed by atoms with Crippen LogP contribution in [-0.2, 0) is 11.3 Å². The van der Waals surface area contributed by atoms with Crippen LogP contribution in [0.15, 0.2) is 24.3 Å². The molecule has 7 nitrogen and oxygen atoms in total. The van der Waals surface area contributed by atoms with Crippen molar-refractivity contribution in [3.63, 3.8) is 0 Å². The average molecular weight is 328 g/mol. The van der Waals surface area contributed by atoms with Crippen molar-refractivity contribution in [2.45, 2.75) is 24.9 Å². The van der Waals surface area contributed by atoms with E-state index in [-0.39, 0.29) is 19.1 Å². The van der Waals surface area contributed by atoms with E-state index in [9.17, 15) is 14.9 Å². The van der Waals surface area contributed by atoms with Crippen LogP contribution in [-0.4, -0.2) is 58.6 Å². The van der Waals surface area contributed by atoms with E-state index >= 15 is 0 Å². The predicted octanol–water partition coefficient (Wildman–Crippen LogP) is 0.437. The first-order chi connectivity index (χ1) is 11.6. The number of aliphatic hydroxyl groups is 1. The number of imide groups is 1. The van der Waals surface area contributed by atoms with E-state index in [2.05, 4.69) is 16.3 Å². The lowest BCUT2D eigenvalue weighted by Gasteiger charge is -2.37. The molecule has 1 aromatic rings. The van der Waals surface area contributed by atoms with Gasteiger partial charge in [0.2, 0.25) is 0 Å². The lowest BCUT2D eigenvalue weighted by Crippen LogP contribution is -2.54. The number of carbonyl (C=O) groups is 2. The maximum absolute atomic E-state index is 12.5. The highest BCUT2D eigenvalue weighted by molar-refractivity contribution is 6.07. The topological polar surface area (TPSA) is 96.7 Å². The van der Waals surface area contributed by atoms with Gasteiger partial charge in [-0.2, -0.15) is 5.26 Å². The van der Waals surface area contributed by atoms with Crippen molar-refractivity contribution in [3.8, 4) is 6.07 Å². The Morgan fingerprint density at radius 3 is 2.62 bits per heavy atom. The minimum absolute atomic E-state index is 0.0334. The fourth-order valence-electron chi connectivity index (χ4n) is 3.42. The number of aliphatic hydroxyl groups excluding tert-OH is 1. The molecule has 1 spiro atoms. The summed E-state index contributed by atoms with van der Waals surface area (Å²) in [7, 11) is 0. The monoisotopic (exact) mass is 328 g/mol. The summed E-state index contributed by atoms with van der Waals surface area (Å²) in [5, 5.41) is 21.0. The molecule has 0 unspecified atom stereocenters. The molecule has 0 saturated carbocycles. The highest BCUT2D eigenvalue weighted by atomic mass is 16.3. The highest BCUT2D eigenvalue weighted by Gasteiger charge is 2.51. The molecule has 2 heterocycles. The zero-order chi connectivity index (χ0) is 17.2. The molecule has 2 fully saturated rings. The van der Waals surface area contributed by atoms with Crippen molar-refractivity contribution in [2.24, 2.45) is 0 Å². The van der Waals surface area contributed by atoms with Gasteiger partial charge in [0.1, 0.15) is 5.54 Å². The Balaban J connectivity index is 1.65. The second-order valence-corrected chi connectivity index (χ2v) is 6.24. The second kappa shape index (κ2) is 6.59. The van der Waals surface area contributed by atoms with Crippen LogP contribution in [0.1, 0.15) is 24.0 Å². The molecule has 3 rings (SSSR count). The normalized spacial score (nSPS) is 20.2. The first-order valence-electron chi connectivity index (χ1n) is 8.05. The van der Waals surface area contributed by atoms with E-state index in [1.54, 1.807) is 6.07 Å². The van der Waals surface area contributed by atoms with Gasteiger partial charge in [-0.3, -0.25) is 14.6 Å². The number of nitrogens with one attached hydrogen (secondary N) is 1. The third-order valence-corrected chi connectivity index (χ3v) is 4.81. The van der Waals surface area contributed by atoms with Gasteiger partial charge >= 0.3 is 6.03 Å².